The van der Waals surface area contributed by atoms with Crippen LogP contribution in [0.1, 0.15) is 25.3 Å². The van der Waals surface area contributed by atoms with Crippen molar-refractivity contribution in [2.24, 2.45) is 0 Å². The van der Waals surface area contributed by atoms with Crippen LogP contribution in [-0.2, 0) is 6.61 Å². The van der Waals surface area contributed by atoms with E-state index < -0.39 is 0 Å². The third kappa shape index (κ3) is 4.94. The first-order valence-corrected chi connectivity index (χ1v) is 6.43. The molecular formula is C14H23NO3. The van der Waals surface area contributed by atoms with Crippen LogP contribution in [0.4, 0.5) is 0 Å². The van der Waals surface area contributed by atoms with Crippen LogP contribution < -0.4 is 14.8 Å². The van der Waals surface area contributed by atoms with Crippen molar-refractivity contribution in [2.75, 3.05) is 26.8 Å². The molecule has 0 amide bonds. The molecule has 4 heteroatoms. The number of aliphatic hydroxyl groups is 1. The number of nitrogens with one attached hydrogen (secondary N) is 1. The smallest absolute Gasteiger partial charge is 0.161 e. The minimum absolute atomic E-state index is 0.0115. The first-order chi connectivity index (χ1) is 8.81. The van der Waals surface area contributed by atoms with Gasteiger partial charge in [0, 0.05) is 0 Å². The molecule has 0 aromatic heterocycles. The van der Waals surface area contributed by atoms with Gasteiger partial charge in [-0.3, -0.25) is 0 Å². The summed E-state index contributed by atoms with van der Waals surface area (Å²) in [4.78, 5) is 0. The largest absolute Gasteiger partial charge is 0.493 e. The number of hydrogen-bond acceptors (Lipinski definition) is 4. The maximum absolute atomic E-state index is 9.04. The highest BCUT2D eigenvalue weighted by atomic mass is 16.5. The van der Waals surface area contributed by atoms with Gasteiger partial charge in [0.2, 0.25) is 0 Å². The Bertz CT molecular complexity index is 342. The lowest BCUT2D eigenvalue weighted by molar-refractivity contribution is 0.275. The highest BCUT2D eigenvalue weighted by Gasteiger charge is 2.05. The van der Waals surface area contributed by atoms with Gasteiger partial charge in [-0.25, -0.2) is 0 Å². The average Bonchev–Trinajstić information content (AvgIpc) is 2.42. The summed E-state index contributed by atoms with van der Waals surface area (Å²) in [6.45, 7) is 4.83. The third-order valence-corrected chi connectivity index (χ3v) is 2.59. The molecule has 2 N–H and O–H groups in total. The maximum atomic E-state index is 9.04. The van der Waals surface area contributed by atoms with Gasteiger partial charge in [0.05, 0.1) is 20.3 Å². The van der Waals surface area contributed by atoms with E-state index in [0.717, 1.165) is 37.2 Å². The van der Waals surface area contributed by atoms with Gasteiger partial charge in [-0.1, -0.05) is 13.0 Å². The van der Waals surface area contributed by atoms with Gasteiger partial charge in [-0.05, 0) is 43.6 Å². The molecule has 0 fully saturated rings. The van der Waals surface area contributed by atoms with E-state index in [1.165, 1.54) is 0 Å². The summed E-state index contributed by atoms with van der Waals surface area (Å²) in [5.74, 6) is 1.40. The summed E-state index contributed by atoms with van der Waals surface area (Å²) < 4.78 is 10.9. The van der Waals surface area contributed by atoms with Crippen LogP contribution >= 0.6 is 0 Å². The minimum atomic E-state index is 0.0115. The van der Waals surface area contributed by atoms with E-state index in [-0.39, 0.29) is 6.61 Å². The van der Waals surface area contributed by atoms with Crippen molar-refractivity contribution < 1.29 is 14.6 Å². The molecule has 4 nitrogen and oxygen atoms in total. The van der Waals surface area contributed by atoms with Crippen molar-refractivity contribution in [2.45, 2.75) is 26.4 Å². The Balaban J connectivity index is 2.37. The van der Waals surface area contributed by atoms with E-state index in [1.54, 1.807) is 13.2 Å². The Labute approximate surface area is 109 Å². The van der Waals surface area contributed by atoms with Gasteiger partial charge in [0.25, 0.3) is 0 Å². The predicted molar refractivity (Wildman–Crippen MR) is 72.2 cm³/mol. The zero-order chi connectivity index (χ0) is 13.2. The molecule has 18 heavy (non-hydrogen) atoms. The molecule has 0 aliphatic heterocycles. The second-order valence-electron chi connectivity index (χ2n) is 4.10. The Morgan fingerprint density at radius 1 is 1.22 bits per heavy atom. The highest BCUT2D eigenvalue weighted by molar-refractivity contribution is 5.42. The predicted octanol–water partition coefficient (Wildman–Crippen LogP) is 1.96. The molecule has 0 saturated heterocycles. The van der Waals surface area contributed by atoms with E-state index >= 15 is 0 Å². The molecule has 0 radical (unpaired) electrons. The Morgan fingerprint density at radius 2 is 2.06 bits per heavy atom. The number of ether oxygens (including phenoxy) is 2. The second-order valence-corrected chi connectivity index (χ2v) is 4.10. The summed E-state index contributed by atoms with van der Waals surface area (Å²) in [5, 5.41) is 12.4. The molecule has 1 rings (SSSR count). The monoisotopic (exact) mass is 253 g/mol. The van der Waals surface area contributed by atoms with Gasteiger partial charge in [-0.2, -0.15) is 0 Å². The zero-order valence-corrected chi connectivity index (χ0v) is 11.2. The minimum Gasteiger partial charge on any atom is -0.493 e. The summed E-state index contributed by atoms with van der Waals surface area (Å²) >= 11 is 0. The molecule has 0 bridgehead atoms. The van der Waals surface area contributed by atoms with E-state index in [4.69, 9.17) is 14.6 Å². The Hall–Kier alpha value is -1.26. The fourth-order valence-corrected chi connectivity index (χ4v) is 1.61. The van der Waals surface area contributed by atoms with E-state index in [2.05, 4.69) is 12.2 Å². The number of hydrogen-bond donors (Lipinski definition) is 2. The van der Waals surface area contributed by atoms with Crippen LogP contribution in [0.5, 0.6) is 11.5 Å². The van der Waals surface area contributed by atoms with Crippen LogP contribution in [0.25, 0.3) is 0 Å². The van der Waals surface area contributed by atoms with Gasteiger partial charge in [0.1, 0.15) is 0 Å². The molecule has 0 aliphatic rings. The van der Waals surface area contributed by atoms with Crippen molar-refractivity contribution >= 4 is 0 Å². The van der Waals surface area contributed by atoms with Crippen LogP contribution in [0.3, 0.4) is 0 Å². The number of aliphatic hydroxyl groups excluding tert-OH is 1. The van der Waals surface area contributed by atoms with E-state index in [0.29, 0.717) is 12.4 Å². The van der Waals surface area contributed by atoms with Crippen molar-refractivity contribution in [1.29, 1.82) is 0 Å². The van der Waals surface area contributed by atoms with Gasteiger partial charge >= 0.3 is 0 Å². The molecule has 0 aliphatic carbocycles. The number of rotatable bonds is 9. The lowest BCUT2D eigenvalue weighted by Crippen LogP contribution is -2.18. The van der Waals surface area contributed by atoms with Gasteiger partial charge < -0.3 is 19.9 Å². The molecule has 102 valence electrons. The van der Waals surface area contributed by atoms with Crippen LogP contribution in [0.2, 0.25) is 0 Å². The van der Waals surface area contributed by atoms with Crippen LogP contribution in [-0.4, -0.2) is 31.9 Å². The fourth-order valence-electron chi connectivity index (χ4n) is 1.61. The molecule has 0 spiro atoms. The highest BCUT2D eigenvalue weighted by Crippen LogP contribution is 2.28. The first kappa shape index (κ1) is 14.8. The first-order valence-electron chi connectivity index (χ1n) is 6.43. The number of methoxy groups -OCH3 is 1. The van der Waals surface area contributed by atoms with Gasteiger partial charge in [-0.15, -0.1) is 0 Å². The van der Waals surface area contributed by atoms with E-state index in [9.17, 15) is 0 Å². The fraction of sp³-hybridized carbons (Fsp3) is 0.571. The van der Waals surface area contributed by atoms with Crippen molar-refractivity contribution in [3.05, 3.63) is 23.8 Å². The quantitative estimate of drug-likeness (QED) is 0.661. The van der Waals surface area contributed by atoms with E-state index in [1.807, 2.05) is 12.1 Å². The Morgan fingerprint density at radius 3 is 2.72 bits per heavy atom. The average molecular weight is 253 g/mol. The standard InChI is InChI=1S/C14H23NO3/c1-3-7-15-8-4-9-18-13-6-5-12(11-16)10-14(13)17-2/h5-6,10,15-16H,3-4,7-9,11H2,1-2H3. The lowest BCUT2D eigenvalue weighted by Gasteiger charge is -2.11. The van der Waals surface area contributed by atoms with Crippen LogP contribution in [0.15, 0.2) is 18.2 Å². The molecule has 0 saturated carbocycles. The second kappa shape index (κ2) is 8.78. The third-order valence-electron chi connectivity index (χ3n) is 2.59. The van der Waals surface area contributed by atoms with Gasteiger partial charge in [0.15, 0.2) is 11.5 Å². The molecule has 0 heterocycles. The molecule has 1 aromatic rings. The zero-order valence-electron chi connectivity index (χ0n) is 11.2. The summed E-state index contributed by atoms with van der Waals surface area (Å²) in [6.07, 6.45) is 2.11. The summed E-state index contributed by atoms with van der Waals surface area (Å²) in [6, 6.07) is 5.47. The molecule has 0 unspecified atom stereocenters. The summed E-state index contributed by atoms with van der Waals surface area (Å²) in [5.41, 5.74) is 0.823. The van der Waals surface area contributed by atoms with Crippen LogP contribution in [0, 0.1) is 0 Å². The summed E-state index contributed by atoms with van der Waals surface area (Å²) in [7, 11) is 1.60. The molecular weight excluding hydrogens is 230 g/mol. The lowest BCUT2D eigenvalue weighted by atomic mass is 10.2. The Kier molecular flexibility index (Phi) is 7.22. The SMILES string of the molecule is CCCNCCCOc1ccc(CO)cc1OC. The normalized spacial score (nSPS) is 10.4. The number of benzene rings is 1. The molecule has 1 aromatic carbocycles. The topological polar surface area (TPSA) is 50.7 Å². The van der Waals surface area contributed by atoms with Crippen molar-refractivity contribution in [1.82, 2.24) is 5.32 Å². The maximum Gasteiger partial charge on any atom is 0.161 e. The molecule has 0 atom stereocenters. The van der Waals surface area contributed by atoms with Crippen molar-refractivity contribution in [3.8, 4) is 11.5 Å². The van der Waals surface area contributed by atoms with Crippen molar-refractivity contribution in [3.63, 3.8) is 0 Å².